The zero-order chi connectivity index (χ0) is 34.7. The van der Waals surface area contributed by atoms with E-state index in [1.165, 1.54) is 33.0 Å². The van der Waals surface area contributed by atoms with Gasteiger partial charge >= 0.3 is 0 Å². The Hall–Kier alpha value is -6.97. The predicted molar refractivity (Wildman–Crippen MR) is 215 cm³/mol. The first-order valence-corrected chi connectivity index (χ1v) is 17.5. The summed E-state index contributed by atoms with van der Waals surface area (Å²) in [6.07, 6.45) is 0. The van der Waals surface area contributed by atoms with Gasteiger partial charge < -0.3 is 0 Å². The molecular weight excluding hydrogens is 631 g/mol. The highest BCUT2D eigenvalue weighted by atomic mass is 15.0. The lowest BCUT2D eigenvalue weighted by Gasteiger charge is -2.11. The Labute approximate surface area is 303 Å². The van der Waals surface area contributed by atoms with Crippen LogP contribution in [0.15, 0.2) is 200 Å². The summed E-state index contributed by atoms with van der Waals surface area (Å²) in [6.45, 7) is 0. The van der Waals surface area contributed by atoms with Crippen LogP contribution in [0.2, 0.25) is 0 Å². The maximum Gasteiger partial charge on any atom is 0.164 e. The maximum absolute atomic E-state index is 5.05. The molecule has 0 bridgehead atoms. The van der Waals surface area contributed by atoms with Crippen LogP contribution in [0.5, 0.6) is 0 Å². The van der Waals surface area contributed by atoms with Gasteiger partial charge in [0.25, 0.3) is 0 Å². The zero-order valence-corrected chi connectivity index (χ0v) is 28.4. The van der Waals surface area contributed by atoms with E-state index in [1.807, 2.05) is 36.4 Å². The molecule has 0 aliphatic heterocycles. The van der Waals surface area contributed by atoms with Crippen LogP contribution < -0.4 is 0 Å². The summed E-state index contributed by atoms with van der Waals surface area (Å²) in [5.41, 5.74) is 12.2. The first-order valence-electron chi connectivity index (χ1n) is 17.5. The van der Waals surface area contributed by atoms with E-state index in [9.17, 15) is 0 Å². The van der Waals surface area contributed by atoms with E-state index >= 15 is 0 Å². The summed E-state index contributed by atoms with van der Waals surface area (Å²) >= 11 is 0. The molecule has 0 spiro atoms. The van der Waals surface area contributed by atoms with Crippen LogP contribution in [-0.2, 0) is 0 Å². The molecule has 0 atom stereocenters. The van der Waals surface area contributed by atoms with Gasteiger partial charge in [0.15, 0.2) is 17.5 Å². The minimum atomic E-state index is 0.638. The third kappa shape index (κ3) is 6.39. The van der Waals surface area contributed by atoms with E-state index in [0.717, 1.165) is 38.9 Å². The van der Waals surface area contributed by atoms with Crippen molar-refractivity contribution in [3.63, 3.8) is 0 Å². The van der Waals surface area contributed by atoms with Crippen molar-refractivity contribution in [3.8, 4) is 78.7 Å². The molecule has 0 unspecified atom stereocenters. The number of benzene rings is 8. The monoisotopic (exact) mass is 663 g/mol. The third-order valence-corrected chi connectivity index (χ3v) is 9.54. The lowest BCUT2D eigenvalue weighted by atomic mass is 9.97. The topological polar surface area (TPSA) is 38.7 Å². The summed E-state index contributed by atoms with van der Waals surface area (Å²) in [5.74, 6) is 1.92. The standard InChI is InChI=1S/C49H33N3/c1-4-11-34(12-5-1)36-19-21-37(22-20-36)38-23-25-40(26-24-38)48-50-47(39-15-8-3-9-16-39)51-49(52-48)46-18-10-17-41(33-46)43-29-30-44-31-42(27-28-45(44)32-43)35-13-6-2-7-14-35/h1-33H. The molecule has 3 nitrogen and oxygen atoms in total. The van der Waals surface area contributed by atoms with Gasteiger partial charge in [-0.2, -0.15) is 0 Å². The van der Waals surface area contributed by atoms with Gasteiger partial charge in [0.1, 0.15) is 0 Å². The number of hydrogen-bond donors (Lipinski definition) is 0. The largest absolute Gasteiger partial charge is 0.208 e. The predicted octanol–water partition coefficient (Wildman–Crippen LogP) is 12.7. The van der Waals surface area contributed by atoms with Crippen LogP contribution in [-0.4, -0.2) is 15.0 Å². The molecule has 8 aromatic carbocycles. The highest BCUT2D eigenvalue weighted by Crippen LogP contribution is 2.32. The van der Waals surface area contributed by atoms with Gasteiger partial charge in [-0.15, -0.1) is 0 Å². The number of fused-ring (bicyclic) bond motifs is 1. The van der Waals surface area contributed by atoms with Gasteiger partial charge in [-0.05, 0) is 73.5 Å². The van der Waals surface area contributed by atoms with Gasteiger partial charge in [-0.3, -0.25) is 0 Å². The number of nitrogens with zero attached hydrogens (tertiary/aromatic N) is 3. The Morgan fingerprint density at radius 1 is 0.192 bits per heavy atom. The average Bonchev–Trinajstić information content (AvgIpc) is 3.24. The number of hydrogen-bond acceptors (Lipinski definition) is 3. The van der Waals surface area contributed by atoms with E-state index in [0.29, 0.717) is 17.5 Å². The molecule has 0 radical (unpaired) electrons. The summed E-state index contributed by atoms with van der Waals surface area (Å²) < 4.78 is 0. The van der Waals surface area contributed by atoms with Gasteiger partial charge in [0.05, 0.1) is 0 Å². The second kappa shape index (κ2) is 13.7. The minimum absolute atomic E-state index is 0.638. The fourth-order valence-electron chi connectivity index (χ4n) is 6.72. The molecule has 52 heavy (non-hydrogen) atoms. The molecule has 3 heteroatoms. The molecule has 0 saturated carbocycles. The molecule has 0 aliphatic rings. The lowest BCUT2D eigenvalue weighted by molar-refractivity contribution is 1.07. The first kappa shape index (κ1) is 31.0. The highest BCUT2D eigenvalue weighted by Gasteiger charge is 2.14. The normalized spacial score (nSPS) is 11.1. The molecule has 0 amide bonds. The van der Waals surface area contributed by atoms with Crippen LogP contribution >= 0.6 is 0 Å². The zero-order valence-electron chi connectivity index (χ0n) is 28.4. The van der Waals surface area contributed by atoms with Crippen LogP contribution in [0.4, 0.5) is 0 Å². The quantitative estimate of drug-likeness (QED) is 0.170. The van der Waals surface area contributed by atoms with Crippen molar-refractivity contribution in [1.29, 1.82) is 0 Å². The van der Waals surface area contributed by atoms with Crippen LogP contribution in [0, 0.1) is 0 Å². The Balaban J connectivity index is 1.05. The second-order valence-electron chi connectivity index (χ2n) is 12.9. The smallest absolute Gasteiger partial charge is 0.164 e. The Morgan fingerprint density at radius 2 is 0.481 bits per heavy atom. The van der Waals surface area contributed by atoms with Crippen LogP contribution in [0.3, 0.4) is 0 Å². The molecule has 0 aliphatic carbocycles. The van der Waals surface area contributed by atoms with Gasteiger partial charge in [0, 0.05) is 16.7 Å². The van der Waals surface area contributed by atoms with Crippen molar-refractivity contribution < 1.29 is 0 Å². The molecule has 0 N–H and O–H groups in total. The van der Waals surface area contributed by atoms with Crippen LogP contribution in [0.25, 0.3) is 89.4 Å². The van der Waals surface area contributed by atoms with Crippen molar-refractivity contribution in [2.24, 2.45) is 0 Å². The van der Waals surface area contributed by atoms with E-state index in [-0.39, 0.29) is 0 Å². The van der Waals surface area contributed by atoms with Crippen LogP contribution in [0.1, 0.15) is 0 Å². The molecule has 0 saturated heterocycles. The van der Waals surface area contributed by atoms with E-state index < -0.39 is 0 Å². The second-order valence-corrected chi connectivity index (χ2v) is 12.9. The summed E-state index contributed by atoms with van der Waals surface area (Å²) in [5, 5.41) is 2.41. The van der Waals surface area contributed by atoms with Gasteiger partial charge in [-0.1, -0.05) is 182 Å². The lowest BCUT2D eigenvalue weighted by Crippen LogP contribution is -2.00. The van der Waals surface area contributed by atoms with Gasteiger partial charge in [0.2, 0.25) is 0 Å². The van der Waals surface area contributed by atoms with Crippen molar-refractivity contribution in [3.05, 3.63) is 200 Å². The molecule has 9 aromatic rings. The van der Waals surface area contributed by atoms with Gasteiger partial charge in [-0.25, -0.2) is 15.0 Å². The maximum atomic E-state index is 5.05. The Bertz CT molecular complexity index is 2630. The third-order valence-electron chi connectivity index (χ3n) is 9.54. The fraction of sp³-hybridized carbons (Fsp3) is 0. The molecule has 0 fully saturated rings. The van der Waals surface area contributed by atoms with Crippen molar-refractivity contribution in [2.45, 2.75) is 0 Å². The molecular formula is C49H33N3. The Kier molecular flexibility index (Phi) is 8.20. The van der Waals surface area contributed by atoms with E-state index in [2.05, 4.69) is 164 Å². The number of aromatic nitrogens is 3. The summed E-state index contributed by atoms with van der Waals surface area (Å²) in [6, 6.07) is 70.1. The molecule has 9 rings (SSSR count). The summed E-state index contributed by atoms with van der Waals surface area (Å²) in [7, 11) is 0. The van der Waals surface area contributed by atoms with Crippen molar-refractivity contribution in [1.82, 2.24) is 15.0 Å². The molecule has 1 heterocycles. The first-order chi connectivity index (χ1) is 25.7. The van der Waals surface area contributed by atoms with Crippen molar-refractivity contribution in [2.75, 3.05) is 0 Å². The van der Waals surface area contributed by atoms with Crippen molar-refractivity contribution >= 4 is 10.8 Å². The summed E-state index contributed by atoms with van der Waals surface area (Å²) in [4.78, 5) is 15.0. The average molecular weight is 664 g/mol. The Morgan fingerprint density at radius 3 is 0.981 bits per heavy atom. The molecule has 244 valence electrons. The highest BCUT2D eigenvalue weighted by molar-refractivity contribution is 5.91. The number of rotatable bonds is 7. The minimum Gasteiger partial charge on any atom is -0.208 e. The molecule has 1 aromatic heterocycles. The van der Waals surface area contributed by atoms with E-state index in [1.54, 1.807) is 0 Å². The fourth-order valence-corrected chi connectivity index (χ4v) is 6.72. The van der Waals surface area contributed by atoms with E-state index in [4.69, 9.17) is 15.0 Å². The SMILES string of the molecule is c1ccc(-c2ccc(-c3ccc(-c4nc(-c5ccccc5)nc(-c5cccc(-c6ccc7cc(-c8ccccc8)ccc7c6)c5)n4)cc3)cc2)cc1.